The largest absolute Gasteiger partial charge is 0.392 e. The zero-order valence-electron chi connectivity index (χ0n) is 10.5. The first kappa shape index (κ1) is 13.7. The van der Waals surface area contributed by atoms with E-state index in [9.17, 15) is 0 Å². The number of ether oxygens (including phenoxy) is 1. The normalized spacial score (nSPS) is 10.3. The molecule has 0 unspecified atom stereocenters. The molecule has 94 valence electrons. The average Bonchev–Trinajstić information content (AvgIpc) is 2.34. The van der Waals surface area contributed by atoms with E-state index in [0.717, 1.165) is 30.0 Å². The Hall–Kier alpha value is -1.39. The molecular formula is C13H20N2O2. The molecule has 0 radical (unpaired) electrons. The molecule has 0 atom stereocenters. The van der Waals surface area contributed by atoms with Gasteiger partial charge in [0.25, 0.3) is 0 Å². The number of hydrogen-bond acceptors (Lipinski definition) is 4. The van der Waals surface area contributed by atoms with Crippen molar-refractivity contribution < 1.29 is 9.84 Å². The van der Waals surface area contributed by atoms with Crippen LogP contribution in [0.1, 0.15) is 11.1 Å². The Morgan fingerprint density at radius 1 is 1.59 bits per heavy atom. The maximum Gasteiger partial charge on any atom is 0.131 e. The number of methoxy groups -OCH3 is 1. The van der Waals surface area contributed by atoms with E-state index in [2.05, 4.69) is 16.5 Å². The number of aromatic nitrogens is 1. The SMILES string of the molecule is C=CCN(CCOC)c1ncc(CO)cc1C. The van der Waals surface area contributed by atoms with Crippen molar-refractivity contribution in [3.05, 3.63) is 36.0 Å². The highest BCUT2D eigenvalue weighted by Gasteiger charge is 2.09. The Labute approximate surface area is 103 Å². The van der Waals surface area contributed by atoms with Gasteiger partial charge in [-0.25, -0.2) is 4.98 Å². The first-order chi connectivity index (χ1) is 8.22. The highest BCUT2D eigenvalue weighted by molar-refractivity contribution is 5.47. The fourth-order valence-electron chi connectivity index (χ4n) is 1.68. The molecule has 1 rings (SSSR count). The van der Waals surface area contributed by atoms with Crippen molar-refractivity contribution in [3.63, 3.8) is 0 Å². The maximum absolute atomic E-state index is 9.05. The molecule has 0 saturated carbocycles. The van der Waals surface area contributed by atoms with Crippen molar-refractivity contribution in [3.8, 4) is 0 Å². The number of pyridine rings is 1. The zero-order valence-corrected chi connectivity index (χ0v) is 10.5. The molecule has 0 bridgehead atoms. The zero-order chi connectivity index (χ0) is 12.7. The minimum absolute atomic E-state index is 0.0215. The van der Waals surface area contributed by atoms with Gasteiger partial charge in [-0.2, -0.15) is 0 Å². The van der Waals surface area contributed by atoms with E-state index >= 15 is 0 Å². The molecule has 0 aliphatic rings. The average molecular weight is 236 g/mol. The Balaban J connectivity index is 2.88. The van der Waals surface area contributed by atoms with E-state index in [1.165, 1.54) is 0 Å². The highest BCUT2D eigenvalue weighted by atomic mass is 16.5. The van der Waals surface area contributed by atoms with Gasteiger partial charge in [-0.15, -0.1) is 6.58 Å². The highest BCUT2D eigenvalue weighted by Crippen LogP contribution is 2.17. The number of aliphatic hydroxyl groups excluding tert-OH is 1. The molecule has 0 spiro atoms. The van der Waals surface area contributed by atoms with Crippen molar-refractivity contribution in [1.29, 1.82) is 0 Å². The summed E-state index contributed by atoms with van der Waals surface area (Å²) in [5, 5.41) is 9.05. The maximum atomic E-state index is 9.05. The van der Waals surface area contributed by atoms with Crippen LogP contribution in [0.25, 0.3) is 0 Å². The smallest absolute Gasteiger partial charge is 0.131 e. The van der Waals surface area contributed by atoms with Gasteiger partial charge in [0, 0.05) is 26.4 Å². The van der Waals surface area contributed by atoms with E-state index in [4.69, 9.17) is 9.84 Å². The van der Waals surface area contributed by atoms with Crippen LogP contribution in [0.5, 0.6) is 0 Å². The van der Waals surface area contributed by atoms with Gasteiger partial charge < -0.3 is 14.7 Å². The summed E-state index contributed by atoms with van der Waals surface area (Å²) in [6.45, 7) is 7.91. The lowest BCUT2D eigenvalue weighted by Gasteiger charge is -2.23. The van der Waals surface area contributed by atoms with Gasteiger partial charge >= 0.3 is 0 Å². The second kappa shape index (κ2) is 7.04. The van der Waals surface area contributed by atoms with Gasteiger partial charge in [-0.3, -0.25) is 0 Å². The van der Waals surface area contributed by atoms with Crippen LogP contribution in [-0.2, 0) is 11.3 Å². The molecule has 1 aromatic rings. The Morgan fingerprint density at radius 2 is 2.35 bits per heavy atom. The topological polar surface area (TPSA) is 45.6 Å². The van der Waals surface area contributed by atoms with Crippen molar-refractivity contribution in [2.75, 3.05) is 31.7 Å². The Morgan fingerprint density at radius 3 is 2.88 bits per heavy atom. The molecule has 0 aliphatic heterocycles. The molecule has 17 heavy (non-hydrogen) atoms. The third kappa shape index (κ3) is 3.84. The van der Waals surface area contributed by atoms with Crippen LogP contribution in [0, 0.1) is 6.92 Å². The van der Waals surface area contributed by atoms with Crippen molar-refractivity contribution in [1.82, 2.24) is 4.98 Å². The molecule has 4 heteroatoms. The lowest BCUT2D eigenvalue weighted by Crippen LogP contribution is -2.28. The van der Waals surface area contributed by atoms with Crippen LogP contribution < -0.4 is 4.90 Å². The number of rotatable bonds is 7. The third-order valence-electron chi connectivity index (χ3n) is 2.50. The predicted molar refractivity (Wildman–Crippen MR) is 69.2 cm³/mol. The fourth-order valence-corrected chi connectivity index (χ4v) is 1.68. The minimum Gasteiger partial charge on any atom is -0.392 e. The monoisotopic (exact) mass is 236 g/mol. The number of aliphatic hydroxyl groups is 1. The van der Waals surface area contributed by atoms with E-state index in [-0.39, 0.29) is 6.61 Å². The lowest BCUT2D eigenvalue weighted by atomic mass is 10.2. The van der Waals surface area contributed by atoms with Gasteiger partial charge in [-0.05, 0) is 24.1 Å². The molecule has 0 fully saturated rings. The first-order valence-corrected chi connectivity index (χ1v) is 5.64. The third-order valence-corrected chi connectivity index (χ3v) is 2.50. The van der Waals surface area contributed by atoms with Crippen molar-refractivity contribution in [2.45, 2.75) is 13.5 Å². The molecule has 1 N–H and O–H groups in total. The Bertz CT molecular complexity index is 366. The number of aryl methyl sites for hydroxylation is 1. The second-order valence-corrected chi connectivity index (χ2v) is 3.87. The van der Waals surface area contributed by atoms with Crippen molar-refractivity contribution >= 4 is 5.82 Å². The Kier molecular flexibility index (Phi) is 5.66. The number of hydrogen-bond donors (Lipinski definition) is 1. The molecule has 1 heterocycles. The summed E-state index contributed by atoms with van der Waals surface area (Å²) in [4.78, 5) is 6.49. The molecule has 0 aliphatic carbocycles. The van der Waals surface area contributed by atoms with Crippen LogP contribution >= 0.6 is 0 Å². The van der Waals surface area contributed by atoms with E-state index < -0.39 is 0 Å². The molecular weight excluding hydrogens is 216 g/mol. The number of nitrogens with zero attached hydrogens (tertiary/aromatic N) is 2. The van der Waals surface area contributed by atoms with Gasteiger partial charge in [0.2, 0.25) is 0 Å². The molecule has 0 amide bonds. The standard InChI is InChI=1S/C13H20N2O2/c1-4-5-15(6-7-17-3)13-11(2)8-12(10-16)9-14-13/h4,8-9,16H,1,5-7,10H2,2-3H3. The van der Waals surface area contributed by atoms with Crippen LogP contribution in [-0.4, -0.2) is 36.9 Å². The van der Waals surface area contributed by atoms with Gasteiger partial charge in [0.15, 0.2) is 0 Å². The molecule has 0 aromatic carbocycles. The van der Waals surface area contributed by atoms with Crippen molar-refractivity contribution in [2.24, 2.45) is 0 Å². The summed E-state index contributed by atoms with van der Waals surface area (Å²) in [5.41, 5.74) is 1.88. The minimum atomic E-state index is 0.0215. The first-order valence-electron chi connectivity index (χ1n) is 5.64. The summed E-state index contributed by atoms with van der Waals surface area (Å²) in [7, 11) is 1.68. The fraction of sp³-hybridized carbons (Fsp3) is 0.462. The summed E-state index contributed by atoms with van der Waals surface area (Å²) in [6.07, 6.45) is 3.54. The molecule has 1 aromatic heterocycles. The van der Waals surface area contributed by atoms with E-state index in [1.54, 1.807) is 13.3 Å². The summed E-state index contributed by atoms with van der Waals surface area (Å²) in [6, 6.07) is 1.95. The summed E-state index contributed by atoms with van der Waals surface area (Å²) >= 11 is 0. The van der Waals surface area contributed by atoms with Crippen LogP contribution in [0.2, 0.25) is 0 Å². The molecule has 4 nitrogen and oxygen atoms in total. The summed E-state index contributed by atoms with van der Waals surface area (Å²) in [5.74, 6) is 0.916. The van der Waals surface area contributed by atoms with E-state index in [0.29, 0.717) is 6.61 Å². The number of anilines is 1. The van der Waals surface area contributed by atoms with Crippen LogP contribution in [0.4, 0.5) is 5.82 Å². The summed E-state index contributed by atoms with van der Waals surface area (Å²) < 4.78 is 5.08. The van der Waals surface area contributed by atoms with Gasteiger partial charge in [0.1, 0.15) is 5.82 Å². The quantitative estimate of drug-likeness (QED) is 0.729. The molecule has 0 saturated heterocycles. The van der Waals surface area contributed by atoms with Crippen LogP contribution in [0.3, 0.4) is 0 Å². The van der Waals surface area contributed by atoms with Gasteiger partial charge in [0.05, 0.1) is 13.2 Å². The second-order valence-electron chi connectivity index (χ2n) is 3.87. The lowest BCUT2D eigenvalue weighted by molar-refractivity contribution is 0.205. The van der Waals surface area contributed by atoms with Crippen LogP contribution in [0.15, 0.2) is 24.9 Å². The van der Waals surface area contributed by atoms with E-state index in [1.807, 2.05) is 19.1 Å². The van der Waals surface area contributed by atoms with Gasteiger partial charge in [-0.1, -0.05) is 6.08 Å². The predicted octanol–water partition coefficient (Wildman–Crippen LogP) is 1.52.